The van der Waals surface area contributed by atoms with Crippen LogP contribution in [0.3, 0.4) is 0 Å². The Kier molecular flexibility index (Phi) is 7.10. The maximum Gasteiger partial charge on any atom is 0.408 e. The zero-order valence-electron chi connectivity index (χ0n) is 14.7. The molecular formula is C15H22N4O6S. The second-order valence-corrected chi connectivity index (χ2v) is 7.81. The number of benzene rings is 1. The summed E-state index contributed by atoms with van der Waals surface area (Å²) in [6.45, 7) is 4.39. The third kappa shape index (κ3) is 8.44. The number of ether oxygens (including phenoxy) is 1. The van der Waals surface area contributed by atoms with Gasteiger partial charge in [0, 0.05) is 5.69 Å². The Morgan fingerprint density at radius 3 is 2.04 bits per heavy atom. The van der Waals surface area contributed by atoms with Crippen molar-refractivity contribution in [2.24, 2.45) is 5.14 Å². The van der Waals surface area contributed by atoms with Crippen molar-refractivity contribution in [1.82, 2.24) is 10.6 Å². The molecular weight excluding hydrogens is 364 g/mol. The zero-order chi connectivity index (χ0) is 20.0. The van der Waals surface area contributed by atoms with Gasteiger partial charge in [-0.05, 0) is 45.0 Å². The summed E-state index contributed by atoms with van der Waals surface area (Å²) in [4.78, 5) is 34.6. The largest absolute Gasteiger partial charge is 0.444 e. The van der Waals surface area contributed by atoms with Crippen LogP contribution in [0.5, 0.6) is 0 Å². The molecule has 5 N–H and O–H groups in total. The van der Waals surface area contributed by atoms with E-state index in [0.717, 1.165) is 0 Å². The van der Waals surface area contributed by atoms with Crippen molar-refractivity contribution >= 4 is 33.6 Å². The number of carbonyl (C=O) groups excluding carboxylic acids is 3. The number of primary sulfonamides is 1. The van der Waals surface area contributed by atoms with E-state index in [0.29, 0.717) is 5.69 Å². The van der Waals surface area contributed by atoms with E-state index < -0.39 is 33.5 Å². The topological polar surface area (TPSA) is 157 Å². The molecule has 0 aliphatic heterocycles. The van der Waals surface area contributed by atoms with Crippen LogP contribution < -0.4 is 21.1 Å². The third-order valence-corrected chi connectivity index (χ3v) is 3.63. The number of anilines is 1. The highest BCUT2D eigenvalue weighted by atomic mass is 32.2. The highest BCUT2D eigenvalue weighted by Crippen LogP contribution is 2.12. The molecule has 0 aliphatic rings. The molecule has 0 atom stereocenters. The summed E-state index contributed by atoms with van der Waals surface area (Å²) in [7, 11) is -3.81. The van der Waals surface area contributed by atoms with Crippen molar-refractivity contribution in [3.8, 4) is 0 Å². The minimum Gasteiger partial charge on any atom is -0.444 e. The lowest BCUT2D eigenvalue weighted by Crippen LogP contribution is -2.41. The first kappa shape index (κ1) is 21.4. The Morgan fingerprint density at radius 2 is 1.54 bits per heavy atom. The molecule has 0 fully saturated rings. The van der Waals surface area contributed by atoms with Crippen LogP contribution in [0, 0.1) is 0 Å². The summed E-state index contributed by atoms with van der Waals surface area (Å²) in [6, 6.07) is 5.22. The first-order chi connectivity index (χ1) is 11.9. The molecule has 0 saturated carbocycles. The lowest BCUT2D eigenvalue weighted by molar-refractivity contribution is -0.123. The molecule has 1 aromatic carbocycles. The minimum absolute atomic E-state index is 0.0861. The van der Waals surface area contributed by atoms with Crippen molar-refractivity contribution in [2.75, 3.05) is 18.4 Å². The second kappa shape index (κ2) is 8.63. The monoisotopic (exact) mass is 386 g/mol. The Bertz CT molecular complexity index is 768. The molecule has 0 heterocycles. The van der Waals surface area contributed by atoms with E-state index in [4.69, 9.17) is 9.88 Å². The fourth-order valence-electron chi connectivity index (χ4n) is 1.64. The molecule has 144 valence electrons. The van der Waals surface area contributed by atoms with Crippen LogP contribution >= 0.6 is 0 Å². The first-order valence-corrected chi connectivity index (χ1v) is 9.08. The summed E-state index contributed by atoms with van der Waals surface area (Å²) in [5, 5.41) is 12.0. The van der Waals surface area contributed by atoms with Gasteiger partial charge in [0.25, 0.3) is 0 Å². The van der Waals surface area contributed by atoms with Crippen molar-refractivity contribution in [2.45, 2.75) is 31.3 Å². The average molecular weight is 386 g/mol. The lowest BCUT2D eigenvalue weighted by Gasteiger charge is -2.19. The van der Waals surface area contributed by atoms with Gasteiger partial charge in [-0.1, -0.05) is 0 Å². The second-order valence-electron chi connectivity index (χ2n) is 6.25. The summed E-state index contributed by atoms with van der Waals surface area (Å²) in [6.07, 6.45) is -0.743. The number of hydrogen-bond acceptors (Lipinski definition) is 6. The predicted octanol–water partition coefficient (Wildman–Crippen LogP) is -0.0866. The highest BCUT2D eigenvalue weighted by molar-refractivity contribution is 7.89. The van der Waals surface area contributed by atoms with E-state index in [2.05, 4.69) is 16.0 Å². The predicted molar refractivity (Wildman–Crippen MR) is 93.7 cm³/mol. The van der Waals surface area contributed by atoms with Crippen LogP contribution in [0.4, 0.5) is 10.5 Å². The van der Waals surface area contributed by atoms with Crippen LogP contribution in [-0.2, 0) is 24.3 Å². The van der Waals surface area contributed by atoms with E-state index in [9.17, 15) is 22.8 Å². The molecule has 0 spiro atoms. The fourth-order valence-corrected chi connectivity index (χ4v) is 2.16. The van der Waals surface area contributed by atoms with Gasteiger partial charge >= 0.3 is 6.09 Å². The summed E-state index contributed by atoms with van der Waals surface area (Å²) >= 11 is 0. The van der Waals surface area contributed by atoms with Gasteiger partial charge in [0.2, 0.25) is 21.8 Å². The molecule has 11 heteroatoms. The zero-order valence-corrected chi connectivity index (χ0v) is 15.5. The highest BCUT2D eigenvalue weighted by Gasteiger charge is 2.16. The van der Waals surface area contributed by atoms with Crippen molar-refractivity contribution in [3.05, 3.63) is 24.3 Å². The molecule has 1 aromatic rings. The summed E-state index contributed by atoms with van der Waals surface area (Å²) in [5.41, 5.74) is -0.345. The van der Waals surface area contributed by atoms with Crippen LogP contribution in [0.1, 0.15) is 20.8 Å². The molecule has 0 aromatic heterocycles. The molecule has 0 aliphatic carbocycles. The Balaban J connectivity index is 2.38. The third-order valence-electron chi connectivity index (χ3n) is 2.70. The van der Waals surface area contributed by atoms with Crippen molar-refractivity contribution in [3.63, 3.8) is 0 Å². The van der Waals surface area contributed by atoms with Crippen LogP contribution in [0.25, 0.3) is 0 Å². The fraction of sp³-hybridized carbons (Fsp3) is 0.400. The Labute approximate surface area is 151 Å². The number of nitrogens with two attached hydrogens (primary N) is 1. The normalized spacial score (nSPS) is 11.4. The average Bonchev–Trinajstić information content (AvgIpc) is 2.49. The molecule has 0 unspecified atom stereocenters. The van der Waals surface area contributed by atoms with Gasteiger partial charge in [0.15, 0.2) is 0 Å². The lowest BCUT2D eigenvalue weighted by atomic mass is 10.2. The van der Waals surface area contributed by atoms with E-state index in [-0.39, 0.29) is 18.0 Å². The maximum absolute atomic E-state index is 11.7. The SMILES string of the molecule is CC(C)(C)OC(=O)NCC(=O)NCC(=O)Nc1ccc(S(N)(=O)=O)cc1. The van der Waals surface area contributed by atoms with Gasteiger partial charge < -0.3 is 20.7 Å². The summed E-state index contributed by atoms with van der Waals surface area (Å²) < 4.78 is 27.2. The molecule has 0 radical (unpaired) electrons. The molecule has 10 nitrogen and oxygen atoms in total. The summed E-state index contributed by atoms with van der Waals surface area (Å²) in [5.74, 6) is -1.10. The molecule has 3 amide bonds. The van der Waals surface area contributed by atoms with Gasteiger partial charge in [-0.15, -0.1) is 0 Å². The van der Waals surface area contributed by atoms with E-state index in [1.54, 1.807) is 20.8 Å². The van der Waals surface area contributed by atoms with Gasteiger partial charge in [0.05, 0.1) is 11.4 Å². The Morgan fingerprint density at radius 1 is 1.00 bits per heavy atom. The number of amides is 3. The van der Waals surface area contributed by atoms with Crippen molar-refractivity contribution in [1.29, 1.82) is 0 Å². The van der Waals surface area contributed by atoms with Gasteiger partial charge in [-0.25, -0.2) is 18.4 Å². The minimum atomic E-state index is -3.81. The van der Waals surface area contributed by atoms with Crippen LogP contribution in [-0.4, -0.2) is 45.0 Å². The van der Waals surface area contributed by atoms with Gasteiger partial charge in [-0.2, -0.15) is 0 Å². The van der Waals surface area contributed by atoms with Crippen LogP contribution in [0.15, 0.2) is 29.2 Å². The number of sulfonamides is 1. The molecule has 0 bridgehead atoms. The standard InChI is InChI=1S/C15H22N4O6S/c1-15(2,3)25-14(22)18-8-12(20)17-9-13(21)19-10-4-6-11(7-5-10)26(16,23)24/h4-7H,8-9H2,1-3H3,(H,17,20)(H,18,22)(H,19,21)(H2,16,23,24). The number of rotatable bonds is 6. The van der Waals surface area contributed by atoms with Gasteiger partial charge in [0.1, 0.15) is 12.1 Å². The number of nitrogens with one attached hydrogen (secondary N) is 3. The van der Waals surface area contributed by atoms with E-state index in [1.807, 2.05) is 0 Å². The van der Waals surface area contributed by atoms with Gasteiger partial charge in [-0.3, -0.25) is 9.59 Å². The number of hydrogen-bond donors (Lipinski definition) is 4. The van der Waals surface area contributed by atoms with Crippen molar-refractivity contribution < 1.29 is 27.5 Å². The molecule has 26 heavy (non-hydrogen) atoms. The van der Waals surface area contributed by atoms with E-state index in [1.165, 1.54) is 24.3 Å². The smallest absolute Gasteiger partial charge is 0.408 e. The quantitative estimate of drug-likeness (QED) is 0.535. The molecule has 0 saturated heterocycles. The number of carbonyl (C=O) groups is 3. The van der Waals surface area contributed by atoms with Crippen LogP contribution in [0.2, 0.25) is 0 Å². The first-order valence-electron chi connectivity index (χ1n) is 7.53. The maximum atomic E-state index is 11.7. The van der Waals surface area contributed by atoms with E-state index >= 15 is 0 Å². The number of alkyl carbamates (subject to hydrolysis) is 1. The Hall–Kier alpha value is -2.66. The molecule has 1 rings (SSSR count).